The molecule has 2 unspecified atom stereocenters. The van der Waals surface area contributed by atoms with E-state index in [1.165, 1.54) is 12.3 Å². The van der Waals surface area contributed by atoms with E-state index in [1.54, 1.807) is 36.2 Å². The number of benzene rings is 2. The minimum Gasteiger partial charge on any atom is -0.346 e. The number of hydrogen-bond donors (Lipinski definition) is 2. The number of nitrogens with zero attached hydrogens (tertiary/aromatic N) is 5. The minimum atomic E-state index is -0.458. The minimum absolute atomic E-state index is 0.0372. The topological polar surface area (TPSA) is 106 Å². The fourth-order valence-corrected chi connectivity index (χ4v) is 4.82. The van der Waals surface area contributed by atoms with Crippen LogP contribution in [0.25, 0.3) is 11.1 Å². The maximum atomic E-state index is 15.1. The Hall–Kier alpha value is -4.07. The maximum Gasteiger partial charge on any atom is 0.283 e. The molecule has 2 heterocycles. The van der Waals surface area contributed by atoms with E-state index in [1.807, 2.05) is 24.3 Å². The Labute approximate surface area is 215 Å². The largest absolute Gasteiger partial charge is 0.346 e. The predicted octanol–water partition coefficient (Wildman–Crippen LogP) is 4.15. The number of amides is 1. The normalized spacial score (nSPS) is 19.2. The maximum absolute atomic E-state index is 15.1. The van der Waals surface area contributed by atoms with Crippen molar-refractivity contribution in [3.05, 3.63) is 93.2 Å². The quantitative estimate of drug-likeness (QED) is 0.524. The van der Waals surface area contributed by atoms with Gasteiger partial charge in [0.2, 0.25) is 5.96 Å². The van der Waals surface area contributed by atoms with Crippen LogP contribution < -0.4 is 10.7 Å². The van der Waals surface area contributed by atoms with Crippen LogP contribution in [0.3, 0.4) is 0 Å². The molecule has 1 aromatic heterocycles. The zero-order valence-electron chi connectivity index (χ0n) is 18.9. The van der Waals surface area contributed by atoms with Gasteiger partial charge in [-0.2, -0.15) is 5.26 Å². The summed E-state index contributed by atoms with van der Waals surface area (Å²) in [5.74, 6) is -0.406. The van der Waals surface area contributed by atoms with E-state index in [-0.39, 0.29) is 24.5 Å². The molecular formula is C25H19ClFN7OS. The van der Waals surface area contributed by atoms with Gasteiger partial charge in [0.05, 0.1) is 30.4 Å². The first-order chi connectivity index (χ1) is 17.4. The summed E-state index contributed by atoms with van der Waals surface area (Å²) < 4.78 is 18.8. The number of allylic oxidation sites excluding steroid dienone is 2. The van der Waals surface area contributed by atoms with Gasteiger partial charge in [-0.25, -0.2) is 14.4 Å². The summed E-state index contributed by atoms with van der Waals surface area (Å²) in [5.41, 5.74) is 5.52. The van der Waals surface area contributed by atoms with Crippen molar-refractivity contribution in [2.24, 2.45) is 4.99 Å². The molecule has 0 saturated carbocycles. The second-order valence-corrected chi connectivity index (χ2v) is 9.45. The number of fused-ring (bicyclic) bond motifs is 1. The molecule has 180 valence electrons. The van der Waals surface area contributed by atoms with Crippen LogP contribution >= 0.6 is 23.1 Å². The number of halogens is 2. The van der Waals surface area contributed by atoms with Crippen molar-refractivity contribution in [1.82, 2.24) is 25.3 Å². The van der Waals surface area contributed by atoms with Crippen LogP contribution in [0.15, 0.2) is 65.8 Å². The number of carbonyl (C=O) groups excluding carboxylic acids is 1. The molecule has 0 spiro atoms. The van der Waals surface area contributed by atoms with Crippen molar-refractivity contribution >= 4 is 35.0 Å². The fraction of sp³-hybridized carbons (Fsp3) is 0.160. The van der Waals surface area contributed by atoms with Crippen LogP contribution in [0, 0.1) is 24.1 Å². The number of carbonyl (C=O) groups is 1. The summed E-state index contributed by atoms with van der Waals surface area (Å²) in [4.78, 5) is 17.6. The molecule has 8 nitrogen and oxygen atoms in total. The fourth-order valence-electron chi connectivity index (χ4n) is 4.14. The number of hydrazine groups is 1. The Balaban J connectivity index is 1.40. The number of guanidine groups is 1. The Morgan fingerprint density at radius 2 is 2.17 bits per heavy atom. The summed E-state index contributed by atoms with van der Waals surface area (Å²) >= 11 is 7.17. The monoisotopic (exact) mass is 519 g/mol. The Morgan fingerprint density at radius 1 is 1.33 bits per heavy atom. The molecule has 2 aromatic carbocycles. The van der Waals surface area contributed by atoms with Gasteiger partial charge in [0.1, 0.15) is 16.8 Å². The van der Waals surface area contributed by atoms with Crippen molar-refractivity contribution in [2.45, 2.75) is 25.6 Å². The van der Waals surface area contributed by atoms with Crippen LogP contribution in [0.4, 0.5) is 4.39 Å². The molecule has 1 fully saturated rings. The molecule has 1 amide bonds. The van der Waals surface area contributed by atoms with Crippen LogP contribution in [-0.2, 0) is 6.54 Å². The number of rotatable bonds is 5. The van der Waals surface area contributed by atoms with Gasteiger partial charge in [0.25, 0.3) is 5.91 Å². The zero-order valence-corrected chi connectivity index (χ0v) is 20.5. The van der Waals surface area contributed by atoms with Crippen LogP contribution in [0.2, 0.25) is 5.02 Å². The third-order valence-electron chi connectivity index (χ3n) is 5.91. The molecule has 2 atom stereocenters. The first-order valence-corrected chi connectivity index (χ1v) is 12.1. The Morgan fingerprint density at radius 3 is 2.92 bits per heavy atom. The molecule has 36 heavy (non-hydrogen) atoms. The third kappa shape index (κ3) is 4.58. The van der Waals surface area contributed by atoms with Gasteiger partial charge in [0.15, 0.2) is 0 Å². The van der Waals surface area contributed by atoms with Gasteiger partial charge in [-0.05, 0) is 47.8 Å². The predicted molar refractivity (Wildman–Crippen MR) is 136 cm³/mol. The average Bonchev–Trinajstić information content (AvgIpc) is 3.52. The summed E-state index contributed by atoms with van der Waals surface area (Å²) in [5, 5.41) is 18.6. The lowest BCUT2D eigenvalue weighted by Crippen LogP contribution is -2.49. The molecule has 2 N–H and O–H groups in total. The van der Waals surface area contributed by atoms with E-state index in [4.69, 9.17) is 11.6 Å². The molecule has 3 aromatic rings. The number of aromatic nitrogens is 2. The Kier molecular flexibility index (Phi) is 6.50. The molecule has 1 aliphatic heterocycles. The van der Waals surface area contributed by atoms with Crippen molar-refractivity contribution < 1.29 is 9.18 Å². The van der Waals surface area contributed by atoms with Gasteiger partial charge >= 0.3 is 0 Å². The zero-order chi connectivity index (χ0) is 25.2. The second-order valence-electron chi connectivity index (χ2n) is 8.23. The molecule has 5 rings (SSSR count). The number of aliphatic imine (C=N–C) groups is 1. The molecule has 1 saturated heterocycles. The van der Waals surface area contributed by atoms with Gasteiger partial charge in [-0.3, -0.25) is 10.2 Å². The lowest BCUT2D eigenvalue weighted by atomic mass is 9.96. The standard InChI is InChI=1S/C25H19ClFN7OS/c1-14-8-17(26)10-18(19(14)11-28)15-6-7-16(20(27)9-15)12-29-25-31-21-4-2-3-5-22(21)34(25)32-24(35)23-13-30-33-36-23/h2-10,13,21-22H,12H2,1H3,(H,29,31)(H,32,35). The van der Waals surface area contributed by atoms with Gasteiger partial charge in [-0.15, -0.1) is 5.10 Å². The van der Waals surface area contributed by atoms with E-state index >= 15 is 4.39 Å². The van der Waals surface area contributed by atoms with Crippen LogP contribution in [0.5, 0.6) is 0 Å². The van der Waals surface area contributed by atoms with Crippen molar-refractivity contribution in [1.29, 1.82) is 5.26 Å². The molecule has 11 heteroatoms. The molecule has 0 radical (unpaired) electrons. The van der Waals surface area contributed by atoms with Gasteiger partial charge in [0, 0.05) is 16.1 Å². The van der Waals surface area contributed by atoms with Crippen LogP contribution in [-0.4, -0.2) is 38.5 Å². The van der Waals surface area contributed by atoms with Crippen molar-refractivity contribution in [2.75, 3.05) is 0 Å². The lowest BCUT2D eigenvalue weighted by molar-refractivity contribution is 0.0863. The lowest BCUT2D eigenvalue weighted by Gasteiger charge is -2.25. The van der Waals surface area contributed by atoms with E-state index in [2.05, 4.69) is 31.4 Å². The van der Waals surface area contributed by atoms with E-state index in [9.17, 15) is 10.1 Å². The number of nitriles is 1. The summed E-state index contributed by atoms with van der Waals surface area (Å²) in [6.07, 6.45) is 9.11. The highest BCUT2D eigenvalue weighted by Gasteiger charge is 2.37. The second kappa shape index (κ2) is 9.89. The number of nitrogens with one attached hydrogen (secondary N) is 2. The molecule has 1 aliphatic carbocycles. The van der Waals surface area contributed by atoms with Gasteiger partial charge < -0.3 is 5.32 Å². The highest BCUT2D eigenvalue weighted by atomic mass is 35.5. The molecule has 2 aliphatic rings. The molecule has 0 bridgehead atoms. The van der Waals surface area contributed by atoms with Gasteiger partial charge in [-0.1, -0.05) is 52.5 Å². The first kappa shape index (κ1) is 23.7. The summed E-state index contributed by atoms with van der Waals surface area (Å²) in [6, 6.07) is 10.0. The number of hydrogen-bond acceptors (Lipinski definition) is 6. The van der Waals surface area contributed by atoms with Crippen molar-refractivity contribution in [3.8, 4) is 17.2 Å². The van der Waals surface area contributed by atoms with E-state index in [0.717, 1.165) is 17.1 Å². The Bertz CT molecular complexity index is 1460. The van der Waals surface area contributed by atoms with Crippen LogP contribution in [0.1, 0.15) is 26.4 Å². The highest BCUT2D eigenvalue weighted by molar-refractivity contribution is 7.07. The van der Waals surface area contributed by atoms with E-state index < -0.39 is 5.82 Å². The smallest absolute Gasteiger partial charge is 0.283 e. The van der Waals surface area contributed by atoms with E-state index in [0.29, 0.717) is 38.1 Å². The summed E-state index contributed by atoms with van der Waals surface area (Å²) in [7, 11) is 0. The molecular weight excluding hydrogens is 501 g/mol. The van der Waals surface area contributed by atoms with Crippen molar-refractivity contribution in [3.63, 3.8) is 0 Å². The number of aryl methyl sites for hydroxylation is 1. The average molecular weight is 520 g/mol. The first-order valence-electron chi connectivity index (χ1n) is 11.0. The third-order valence-corrected chi connectivity index (χ3v) is 6.79. The SMILES string of the molecule is Cc1cc(Cl)cc(-c2ccc(CN=C3NC4C=CC=CC4N3NC(=O)c3cnns3)c(F)c2)c1C#N. The summed E-state index contributed by atoms with van der Waals surface area (Å²) in [6.45, 7) is 1.83. The highest BCUT2D eigenvalue weighted by Crippen LogP contribution is 2.31.